The first-order chi connectivity index (χ1) is 3.41. The van der Waals surface area contributed by atoms with Gasteiger partial charge in [0.25, 0.3) is 0 Å². The van der Waals surface area contributed by atoms with Crippen LogP contribution in [-0.4, -0.2) is 12.8 Å². The molecule has 0 saturated carbocycles. The predicted molar refractivity (Wildman–Crippen MR) is 29.2 cm³/mol. The summed E-state index contributed by atoms with van der Waals surface area (Å²) < 4.78 is 0. The van der Waals surface area contributed by atoms with Crippen LogP contribution in [0.5, 0.6) is 0 Å². The van der Waals surface area contributed by atoms with Crippen molar-refractivity contribution in [2.24, 2.45) is 4.99 Å². The molecular formula is C5H6N2. The minimum absolute atomic E-state index is 0.535. The molecule has 0 aromatic carbocycles. The van der Waals surface area contributed by atoms with Crippen molar-refractivity contribution in [3.63, 3.8) is 0 Å². The quantitative estimate of drug-likeness (QED) is 0.367. The Labute approximate surface area is 42.8 Å². The van der Waals surface area contributed by atoms with Crippen LogP contribution in [0.25, 0.3) is 0 Å². The van der Waals surface area contributed by atoms with Crippen LogP contribution in [0.15, 0.2) is 17.6 Å². The Bertz CT molecular complexity index is 108. The SMILES string of the molecule is C=CCN=CC#N. The molecule has 0 rings (SSSR count). The van der Waals surface area contributed by atoms with E-state index in [4.69, 9.17) is 5.26 Å². The molecular weight excluding hydrogens is 88.1 g/mol. The number of nitrogens with zero attached hydrogens (tertiary/aromatic N) is 2. The fraction of sp³-hybridized carbons (Fsp3) is 0.200. The number of hydrogen-bond donors (Lipinski definition) is 0. The minimum Gasteiger partial charge on any atom is -0.278 e. The monoisotopic (exact) mass is 94.1 g/mol. The van der Waals surface area contributed by atoms with E-state index in [9.17, 15) is 0 Å². The highest BCUT2D eigenvalue weighted by Crippen LogP contribution is 1.64. The number of aliphatic imine (C=N–C) groups is 1. The molecule has 0 radical (unpaired) electrons. The van der Waals surface area contributed by atoms with Crippen molar-refractivity contribution >= 4 is 6.21 Å². The van der Waals surface area contributed by atoms with Gasteiger partial charge in [-0.15, -0.1) is 6.58 Å². The van der Waals surface area contributed by atoms with Crippen LogP contribution in [0, 0.1) is 11.3 Å². The fourth-order valence-corrected chi connectivity index (χ4v) is 0.168. The van der Waals surface area contributed by atoms with Gasteiger partial charge in [-0.05, 0) is 0 Å². The van der Waals surface area contributed by atoms with Gasteiger partial charge in [-0.2, -0.15) is 5.26 Å². The standard InChI is InChI=1S/C5H6N2/c1-2-4-7-5-3-6/h2,5H,1,4H2. The van der Waals surface area contributed by atoms with Gasteiger partial charge in [0, 0.05) is 0 Å². The molecule has 0 amide bonds. The van der Waals surface area contributed by atoms with E-state index in [1.807, 2.05) is 0 Å². The molecule has 0 bridgehead atoms. The van der Waals surface area contributed by atoms with Crippen molar-refractivity contribution in [3.05, 3.63) is 12.7 Å². The van der Waals surface area contributed by atoms with Crippen molar-refractivity contribution in [2.45, 2.75) is 0 Å². The van der Waals surface area contributed by atoms with Gasteiger partial charge in [0.15, 0.2) is 0 Å². The number of hydrogen-bond acceptors (Lipinski definition) is 2. The van der Waals surface area contributed by atoms with Gasteiger partial charge >= 0.3 is 0 Å². The zero-order chi connectivity index (χ0) is 5.54. The van der Waals surface area contributed by atoms with Gasteiger partial charge < -0.3 is 0 Å². The van der Waals surface area contributed by atoms with Crippen LogP contribution < -0.4 is 0 Å². The van der Waals surface area contributed by atoms with E-state index in [2.05, 4.69) is 11.6 Å². The molecule has 0 aliphatic heterocycles. The molecule has 0 saturated heterocycles. The van der Waals surface area contributed by atoms with E-state index >= 15 is 0 Å². The van der Waals surface area contributed by atoms with Crippen LogP contribution in [0.2, 0.25) is 0 Å². The Balaban J connectivity index is 3.14. The average molecular weight is 94.1 g/mol. The third-order valence-corrected chi connectivity index (χ3v) is 0.384. The topological polar surface area (TPSA) is 36.1 Å². The molecule has 0 N–H and O–H groups in total. The summed E-state index contributed by atoms with van der Waals surface area (Å²) in [6.45, 7) is 3.94. The van der Waals surface area contributed by atoms with Gasteiger partial charge in [-0.1, -0.05) is 6.08 Å². The third kappa shape index (κ3) is 4.90. The number of rotatable bonds is 2. The lowest BCUT2D eigenvalue weighted by Crippen LogP contribution is -1.68. The molecule has 0 atom stereocenters. The summed E-state index contributed by atoms with van der Waals surface area (Å²) in [6, 6.07) is 1.76. The maximum atomic E-state index is 7.86. The zero-order valence-corrected chi connectivity index (χ0v) is 3.96. The molecule has 2 nitrogen and oxygen atoms in total. The molecule has 0 spiro atoms. The lowest BCUT2D eigenvalue weighted by Gasteiger charge is -1.70. The second kappa shape index (κ2) is 4.90. The largest absolute Gasteiger partial charge is 0.278 e. The predicted octanol–water partition coefficient (Wildman–Crippen LogP) is 0.767. The molecule has 36 valence electrons. The highest BCUT2D eigenvalue weighted by Gasteiger charge is 1.61. The summed E-state index contributed by atoms with van der Waals surface area (Å²) in [5.41, 5.74) is 0. The Kier molecular flexibility index (Phi) is 4.13. The molecule has 2 heteroatoms. The molecule has 0 aromatic rings. The second-order valence-electron chi connectivity index (χ2n) is 0.912. The molecule has 0 aromatic heterocycles. The average Bonchev–Trinajstić information content (AvgIpc) is 1.69. The van der Waals surface area contributed by atoms with Crippen LogP contribution in [-0.2, 0) is 0 Å². The van der Waals surface area contributed by atoms with Crippen LogP contribution in [0.3, 0.4) is 0 Å². The highest BCUT2D eigenvalue weighted by atomic mass is 14.7. The van der Waals surface area contributed by atoms with Crippen molar-refractivity contribution in [2.75, 3.05) is 6.54 Å². The van der Waals surface area contributed by atoms with Gasteiger partial charge in [0.05, 0.1) is 12.8 Å². The van der Waals surface area contributed by atoms with Crippen LogP contribution >= 0.6 is 0 Å². The molecule has 7 heavy (non-hydrogen) atoms. The first-order valence-corrected chi connectivity index (χ1v) is 1.90. The summed E-state index contributed by atoms with van der Waals surface area (Å²) in [4.78, 5) is 3.60. The highest BCUT2D eigenvalue weighted by molar-refractivity contribution is 5.74. The van der Waals surface area contributed by atoms with Gasteiger partial charge in [-0.3, -0.25) is 4.99 Å². The summed E-state index contributed by atoms with van der Waals surface area (Å²) in [5.74, 6) is 0. The van der Waals surface area contributed by atoms with Crippen molar-refractivity contribution in [1.82, 2.24) is 0 Å². The smallest absolute Gasteiger partial charge is 0.111 e. The van der Waals surface area contributed by atoms with Crippen LogP contribution in [0.4, 0.5) is 0 Å². The van der Waals surface area contributed by atoms with E-state index in [0.29, 0.717) is 6.54 Å². The Morgan fingerprint density at radius 1 is 1.86 bits per heavy atom. The van der Waals surface area contributed by atoms with Crippen molar-refractivity contribution in [3.8, 4) is 6.07 Å². The van der Waals surface area contributed by atoms with E-state index in [1.165, 1.54) is 6.21 Å². The zero-order valence-electron chi connectivity index (χ0n) is 3.96. The first kappa shape index (κ1) is 5.90. The summed E-state index contributed by atoms with van der Waals surface area (Å²) in [7, 11) is 0. The Morgan fingerprint density at radius 2 is 2.57 bits per heavy atom. The molecule has 0 heterocycles. The number of nitriles is 1. The lowest BCUT2D eigenvalue weighted by atomic mass is 10.6. The van der Waals surface area contributed by atoms with Crippen LogP contribution in [0.1, 0.15) is 0 Å². The van der Waals surface area contributed by atoms with Gasteiger partial charge in [0.2, 0.25) is 0 Å². The van der Waals surface area contributed by atoms with Gasteiger partial charge in [0.1, 0.15) is 6.07 Å². The summed E-state index contributed by atoms with van der Waals surface area (Å²) in [5, 5.41) is 7.86. The van der Waals surface area contributed by atoms with Crippen molar-refractivity contribution in [1.29, 1.82) is 5.26 Å². The van der Waals surface area contributed by atoms with E-state index in [0.717, 1.165) is 0 Å². The van der Waals surface area contributed by atoms with E-state index in [-0.39, 0.29) is 0 Å². The first-order valence-electron chi connectivity index (χ1n) is 1.90. The third-order valence-electron chi connectivity index (χ3n) is 0.384. The maximum Gasteiger partial charge on any atom is 0.111 e. The van der Waals surface area contributed by atoms with E-state index < -0.39 is 0 Å². The lowest BCUT2D eigenvalue weighted by molar-refractivity contribution is 1.27. The summed E-state index contributed by atoms with van der Waals surface area (Å²) >= 11 is 0. The normalized spacial score (nSPS) is 8.43. The second-order valence-corrected chi connectivity index (χ2v) is 0.912. The fourth-order valence-electron chi connectivity index (χ4n) is 0.168. The Hall–Kier alpha value is -1.10. The molecule has 0 unspecified atom stereocenters. The molecule has 0 fully saturated rings. The summed E-state index contributed by atoms with van der Waals surface area (Å²) in [6.07, 6.45) is 2.83. The Morgan fingerprint density at radius 3 is 3.00 bits per heavy atom. The molecule has 0 aliphatic rings. The maximum absolute atomic E-state index is 7.86. The van der Waals surface area contributed by atoms with E-state index in [1.54, 1.807) is 12.1 Å². The van der Waals surface area contributed by atoms with Gasteiger partial charge in [-0.25, -0.2) is 0 Å². The van der Waals surface area contributed by atoms with Crippen molar-refractivity contribution < 1.29 is 0 Å². The molecule has 0 aliphatic carbocycles. The minimum atomic E-state index is 0.535.